The molecule has 4 N–H and O–H groups in total. The summed E-state index contributed by atoms with van der Waals surface area (Å²) in [5.41, 5.74) is 7.31. The molecule has 0 amide bonds. The number of benzene rings is 2. The van der Waals surface area contributed by atoms with E-state index in [1.165, 1.54) is 6.07 Å². The van der Waals surface area contributed by atoms with Crippen LogP contribution in [0.2, 0.25) is 0 Å². The molecule has 0 saturated heterocycles. The largest absolute Gasteiger partial charge is 0.497 e. The number of carboxylic acids is 1. The molecule has 0 aliphatic carbocycles. The minimum atomic E-state index is -1.06. The van der Waals surface area contributed by atoms with Gasteiger partial charge in [0.25, 0.3) is 0 Å². The first-order valence-corrected chi connectivity index (χ1v) is 6.54. The number of nitrogen functional groups attached to an aromatic ring is 1. The first-order valence-electron chi connectivity index (χ1n) is 5.74. The average molecular weight is 337 g/mol. The van der Waals surface area contributed by atoms with Gasteiger partial charge >= 0.3 is 5.97 Å². The number of nitrogens with one attached hydrogen (secondary N) is 1. The molecule has 0 fully saturated rings. The second-order valence-electron chi connectivity index (χ2n) is 4.08. The van der Waals surface area contributed by atoms with Crippen LogP contribution >= 0.6 is 15.9 Å². The van der Waals surface area contributed by atoms with E-state index in [4.69, 9.17) is 15.6 Å². The maximum absolute atomic E-state index is 11.1. The summed E-state index contributed by atoms with van der Waals surface area (Å²) >= 11 is 3.42. The number of nitrogens with two attached hydrogens (primary N) is 1. The molecule has 0 aliphatic heterocycles. The zero-order chi connectivity index (χ0) is 14.7. The fraction of sp³-hybridized carbons (Fsp3) is 0.0714. The van der Waals surface area contributed by atoms with Crippen LogP contribution in [-0.2, 0) is 0 Å². The van der Waals surface area contributed by atoms with Gasteiger partial charge in [-0.15, -0.1) is 0 Å². The van der Waals surface area contributed by atoms with E-state index < -0.39 is 5.97 Å². The molecule has 104 valence electrons. The van der Waals surface area contributed by atoms with Gasteiger partial charge in [0.1, 0.15) is 5.75 Å². The topological polar surface area (TPSA) is 84.6 Å². The van der Waals surface area contributed by atoms with Crippen LogP contribution in [-0.4, -0.2) is 18.2 Å². The molecule has 0 bridgehead atoms. The van der Waals surface area contributed by atoms with Crippen molar-refractivity contribution >= 4 is 39.0 Å². The van der Waals surface area contributed by atoms with Crippen LogP contribution in [0.3, 0.4) is 0 Å². The highest BCUT2D eigenvalue weighted by Crippen LogP contribution is 2.30. The number of rotatable bonds is 4. The molecule has 0 radical (unpaired) electrons. The Bertz CT molecular complexity index is 659. The molecular formula is C14H13BrN2O3. The number of carbonyl (C=O) groups is 1. The molecule has 0 aromatic heterocycles. The van der Waals surface area contributed by atoms with Gasteiger partial charge in [0, 0.05) is 21.9 Å². The Balaban J connectivity index is 2.35. The molecule has 0 atom stereocenters. The molecule has 0 heterocycles. The molecule has 0 saturated carbocycles. The fourth-order valence-corrected chi connectivity index (χ4v) is 2.05. The van der Waals surface area contributed by atoms with Crippen LogP contribution in [0, 0.1) is 0 Å². The Labute approximate surface area is 124 Å². The van der Waals surface area contributed by atoms with Gasteiger partial charge in [-0.05, 0) is 46.3 Å². The van der Waals surface area contributed by atoms with E-state index >= 15 is 0 Å². The lowest BCUT2D eigenvalue weighted by Crippen LogP contribution is -2.03. The Kier molecular flexibility index (Phi) is 4.14. The van der Waals surface area contributed by atoms with Crippen molar-refractivity contribution in [1.82, 2.24) is 0 Å². The second kappa shape index (κ2) is 5.83. The van der Waals surface area contributed by atoms with Crippen LogP contribution in [0.25, 0.3) is 0 Å². The smallest absolute Gasteiger partial charge is 0.337 e. The monoisotopic (exact) mass is 336 g/mol. The SMILES string of the molecule is COc1ccc(Br)c(Nc2ccc(N)c(C(=O)O)c2)c1. The van der Waals surface area contributed by atoms with Crippen LogP contribution in [0.5, 0.6) is 5.75 Å². The number of halogens is 1. The minimum absolute atomic E-state index is 0.0639. The normalized spacial score (nSPS) is 10.1. The van der Waals surface area contributed by atoms with E-state index in [-0.39, 0.29) is 11.3 Å². The second-order valence-corrected chi connectivity index (χ2v) is 4.93. The van der Waals surface area contributed by atoms with Crippen molar-refractivity contribution in [2.75, 3.05) is 18.2 Å². The van der Waals surface area contributed by atoms with E-state index in [2.05, 4.69) is 21.2 Å². The summed E-state index contributed by atoms with van der Waals surface area (Å²) in [7, 11) is 1.58. The molecule has 20 heavy (non-hydrogen) atoms. The van der Waals surface area contributed by atoms with E-state index in [1.807, 2.05) is 12.1 Å². The number of aromatic carboxylic acids is 1. The van der Waals surface area contributed by atoms with Crippen LogP contribution < -0.4 is 15.8 Å². The number of hydrogen-bond acceptors (Lipinski definition) is 4. The van der Waals surface area contributed by atoms with Gasteiger partial charge in [-0.25, -0.2) is 4.79 Å². The highest BCUT2D eigenvalue weighted by Gasteiger charge is 2.09. The van der Waals surface area contributed by atoms with Crippen molar-refractivity contribution in [3.8, 4) is 5.75 Å². The van der Waals surface area contributed by atoms with Gasteiger partial charge in [-0.2, -0.15) is 0 Å². The van der Waals surface area contributed by atoms with Gasteiger partial charge in [-0.3, -0.25) is 0 Å². The van der Waals surface area contributed by atoms with Crippen molar-refractivity contribution < 1.29 is 14.6 Å². The lowest BCUT2D eigenvalue weighted by molar-refractivity contribution is 0.0698. The molecule has 0 spiro atoms. The van der Waals surface area contributed by atoms with Gasteiger partial charge in [0.2, 0.25) is 0 Å². The van der Waals surface area contributed by atoms with Crippen molar-refractivity contribution in [2.45, 2.75) is 0 Å². The molecule has 0 aliphatic rings. The highest BCUT2D eigenvalue weighted by molar-refractivity contribution is 9.10. The van der Waals surface area contributed by atoms with E-state index in [0.717, 1.165) is 10.2 Å². The number of hydrogen-bond donors (Lipinski definition) is 3. The first kappa shape index (κ1) is 14.2. The maximum Gasteiger partial charge on any atom is 0.337 e. The molecule has 0 unspecified atom stereocenters. The third-order valence-corrected chi connectivity index (χ3v) is 3.43. The number of carboxylic acid groups (broad SMARTS) is 1. The lowest BCUT2D eigenvalue weighted by Gasteiger charge is -2.11. The molecule has 2 aromatic rings. The van der Waals surface area contributed by atoms with Crippen LogP contribution in [0.1, 0.15) is 10.4 Å². The summed E-state index contributed by atoms with van der Waals surface area (Å²) in [5.74, 6) is -0.361. The molecule has 2 aromatic carbocycles. The van der Waals surface area contributed by atoms with Crippen molar-refractivity contribution in [1.29, 1.82) is 0 Å². The van der Waals surface area contributed by atoms with Gasteiger partial charge in [-0.1, -0.05) is 0 Å². The van der Waals surface area contributed by atoms with E-state index in [1.54, 1.807) is 25.3 Å². The molecule has 5 nitrogen and oxygen atoms in total. The summed E-state index contributed by atoms with van der Waals surface area (Å²) in [6.45, 7) is 0. The van der Waals surface area contributed by atoms with Crippen molar-refractivity contribution in [2.24, 2.45) is 0 Å². The molecule has 6 heteroatoms. The standard InChI is InChI=1S/C14H13BrN2O3/c1-20-9-3-4-11(15)13(7-9)17-8-2-5-12(16)10(6-8)14(18)19/h2-7,17H,16H2,1H3,(H,18,19). The molecule has 2 rings (SSSR count). The van der Waals surface area contributed by atoms with Crippen LogP contribution in [0.4, 0.5) is 17.1 Å². The summed E-state index contributed by atoms with van der Waals surface area (Å²) in [6.07, 6.45) is 0. The Morgan fingerprint density at radius 1 is 1.30 bits per heavy atom. The van der Waals surface area contributed by atoms with Gasteiger partial charge in [0.15, 0.2) is 0 Å². The fourth-order valence-electron chi connectivity index (χ4n) is 1.70. The predicted octanol–water partition coefficient (Wildman–Crippen LogP) is 3.48. The summed E-state index contributed by atoms with van der Waals surface area (Å²) in [4.78, 5) is 11.1. The van der Waals surface area contributed by atoms with Crippen LogP contribution in [0.15, 0.2) is 40.9 Å². The summed E-state index contributed by atoms with van der Waals surface area (Å²) in [6, 6.07) is 10.2. The number of ether oxygens (including phenoxy) is 1. The van der Waals surface area contributed by atoms with Gasteiger partial charge in [0.05, 0.1) is 18.4 Å². The Morgan fingerprint density at radius 3 is 2.70 bits per heavy atom. The average Bonchev–Trinajstić information content (AvgIpc) is 2.43. The predicted molar refractivity (Wildman–Crippen MR) is 81.8 cm³/mol. The summed E-state index contributed by atoms with van der Waals surface area (Å²) in [5, 5.41) is 12.2. The number of anilines is 3. The van der Waals surface area contributed by atoms with Crippen molar-refractivity contribution in [3.63, 3.8) is 0 Å². The maximum atomic E-state index is 11.1. The number of methoxy groups -OCH3 is 1. The highest BCUT2D eigenvalue weighted by atomic mass is 79.9. The Morgan fingerprint density at radius 2 is 2.05 bits per heavy atom. The third kappa shape index (κ3) is 3.03. The quantitative estimate of drug-likeness (QED) is 0.744. The Hall–Kier alpha value is -2.21. The van der Waals surface area contributed by atoms with Gasteiger partial charge < -0.3 is 20.9 Å². The van der Waals surface area contributed by atoms with Crippen molar-refractivity contribution in [3.05, 3.63) is 46.4 Å². The zero-order valence-electron chi connectivity index (χ0n) is 10.7. The lowest BCUT2D eigenvalue weighted by atomic mass is 10.1. The zero-order valence-corrected chi connectivity index (χ0v) is 12.3. The van der Waals surface area contributed by atoms with E-state index in [9.17, 15) is 4.79 Å². The molecular weight excluding hydrogens is 324 g/mol. The third-order valence-electron chi connectivity index (χ3n) is 2.74. The first-order chi connectivity index (χ1) is 9.51. The van der Waals surface area contributed by atoms with E-state index in [0.29, 0.717) is 11.4 Å². The minimum Gasteiger partial charge on any atom is -0.497 e. The summed E-state index contributed by atoms with van der Waals surface area (Å²) < 4.78 is 5.99.